The van der Waals surface area contributed by atoms with Gasteiger partial charge in [0.05, 0.1) is 17.7 Å². The number of carbonyl (C=O) groups is 2. The third-order valence-corrected chi connectivity index (χ3v) is 3.29. The summed E-state index contributed by atoms with van der Waals surface area (Å²) in [6.45, 7) is 3.86. The highest BCUT2D eigenvalue weighted by Crippen LogP contribution is 2.32. The van der Waals surface area contributed by atoms with Gasteiger partial charge >= 0.3 is 0 Å². The van der Waals surface area contributed by atoms with Crippen molar-refractivity contribution >= 4 is 17.6 Å². The molecule has 0 saturated carbocycles. The summed E-state index contributed by atoms with van der Waals surface area (Å²) in [5.74, 6) is 0.581. The lowest BCUT2D eigenvalue weighted by Crippen LogP contribution is -2.32. The first-order valence-electron chi connectivity index (χ1n) is 6.29. The molecule has 0 N–H and O–H groups in total. The highest BCUT2D eigenvalue weighted by atomic mass is 16.2. The Morgan fingerprint density at radius 2 is 2.00 bits per heavy atom. The van der Waals surface area contributed by atoms with Crippen LogP contribution in [0.15, 0.2) is 18.2 Å². The molecule has 5 heteroatoms. The van der Waals surface area contributed by atoms with Crippen molar-refractivity contribution in [3.05, 3.63) is 23.9 Å². The molecule has 19 heavy (non-hydrogen) atoms. The number of hydrogen-bond donors (Lipinski definition) is 0. The van der Waals surface area contributed by atoms with Gasteiger partial charge in [0, 0.05) is 20.5 Å². The molecule has 1 aromatic rings. The molecule has 1 saturated heterocycles. The molecule has 0 aromatic carbocycles. The average Bonchev–Trinajstić information content (AvgIpc) is 2.52. The van der Waals surface area contributed by atoms with Crippen LogP contribution >= 0.6 is 0 Å². The van der Waals surface area contributed by atoms with E-state index >= 15 is 0 Å². The number of aromatic nitrogens is 1. The largest absolute Gasteiger partial charge is 0.363 e. The van der Waals surface area contributed by atoms with Gasteiger partial charge in [0.1, 0.15) is 5.82 Å². The minimum atomic E-state index is -0.587. The first-order valence-corrected chi connectivity index (χ1v) is 6.29. The smallest absolute Gasteiger partial charge is 0.235 e. The van der Waals surface area contributed by atoms with E-state index in [0.29, 0.717) is 0 Å². The van der Waals surface area contributed by atoms with Crippen molar-refractivity contribution in [1.29, 1.82) is 0 Å². The Hall–Kier alpha value is -1.91. The SMILES string of the molecule is CN(C)c1cccc(CN2C(=O)CC(C)(C)C2=O)n1. The predicted molar refractivity (Wildman–Crippen MR) is 72.5 cm³/mol. The second-order valence-corrected chi connectivity index (χ2v) is 5.73. The second kappa shape index (κ2) is 4.64. The molecule has 102 valence electrons. The molecule has 5 nitrogen and oxygen atoms in total. The quantitative estimate of drug-likeness (QED) is 0.772. The van der Waals surface area contributed by atoms with E-state index in [1.807, 2.05) is 37.2 Å². The number of imide groups is 1. The van der Waals surface area contributed by atoms with Gasteiger partial charge in [-0.25, -0.2) is 4.98 Å². The Balaban J connectivity index is 2.20. The molecule has 0 unspecified atom stereocenters. The number of anilines is 1. The molecule has 1 aromatic heterocycles. The summed E-state index contributed by atoms with van der Waals surface area (Å²) in [4.78, 5) is 31.6. The minimum Gasteiger partial charge on any atom is -0.363 e. The summed E-state index contributed by atoms with van der Waals surface area (Å²) in [6.07, 6.45) is 0.277. The van der Waals surface area contributed by atoms with Gasteiger partial charge in [-0.3, -0.25) is 14.5 Å². The van der Waals surface area contributed by atoms with Crippen molar-refractivity contribution in [3.8, 4) is 0 Å². The summed E-state index contributed by atoms with van der Waals surface area (Å²) in [6, 6.07) is 5.60. The summed E-state index contributed by atoms with van der Waals surface area (Å²) < 4.78 is 0. The topological polar surface area (TPSA) is 53.5 Å². The maximum Gasteiger partial charge on any atom is 0.235 e. The van der Waals surface area contributed by atoms with E-state index in [9.17, 15) is 9.59 Å². The minimum absolute atomic E-state index is 0.116. The summed E-state index contributed by atoms with van der Waals surface area (Å²) in [5, 5.41) is 0. The lowest BCUT2D eigenvalue weighted by molar-refractivity contribution is -0.141. The molecular weight excluding hydrogens is 242 g/mol. The Morgan fingerprint density at radius 3 is 2.53 bits per heavy atom. The molecule has 0 bridgehead atoms. The maximum absolute atomic E-state index is 12.1. The fourth-order valence-corrected chi connectivity index (χ4v) is 2.15. The van der Waals surface area contributed by atoms with Crippen LogP contribution in [0.5, 0.6) is 0 Å². The maximum atomic E-state index is 12.1. The number of pyridine rings is 1. The van der Waals surface area contributed by atoms with E-state index in [1.54, 1.807) is 13.8 Å². The molecule has 0 aliphatic carbocycles. The number of nitrogens with zero attached hydrogens (tertiary/aromatic N) is 3. The summed E-state index contributed by atoms with van der Waals surface area (Å²) >= 11 is 0. The van der Waals surface area contributed by atoms with Gasteiger partial charge in [-0.05, 0) is 12.1 Å². The zero-order chi connectivity index (χ0) is 14.2. The Morgan fingerprint density at radius 1 is 1.32 bits per heavy atom. The number of hydrogen-bond acceptors (Lipinski definition) is 4. The van der Waals surface area contributed by atoms with E-state index in [0.717, 1.165) is 11.5 Å². The van der Waals surface area contributed by atoms with E-state index in [1.165, 1.54) is 4.90 Å². The van der Waals surface area contributed by atoms with Gasteiger partial charge in [-0.2, -0.15) is 0 Å². The number of likely N-dealkylation sites (tertiary alicyclic amines) is 1. The van der Waals surface area contributed by atoms with Crippen molar-refractivity contribution in [2.24, 2.45) is 5.41 Å². The normalized spacial score (nSPS) is 18.0. The van der Waals surface area contributed by atoms with E-state index < -0.39 is 5.41 Å². The van der Waals surface area contributed by atoms with Crippen LogP contribution in [0, 0.1) is 5.41 Å². The van der Waals surface area contributed by atoms with Crippen LogP contribution in [0.25, 0.3) is 0 Å². The van der Waals surface area contributed by atoms with Crippen molar-refractivity contribution < 1.29 is 9.59 Å². The Labute approximate surface area is 113 Å². The van der Waals surface area contributed by atoms with Crippen LogP contribution in [0.1, 0.15) is 26.0 Å². The Kier molecular flexibility index (Phi) is 3.30. The first-order chi connectivity index (χ1) is 8.81. The van der Waals surface area contributed by atoms with Gasteiger partial charge in [0.15, 0.2) is 0 Å². The molecule has 0 spiro atoms. The second-order valence-electron chi connectivity index (χ2n) is 5.73. The van der Waals surface area contributed by atoms with Crippen molar-refractivity contribution in [2.75, 3.05) is 19.0 Å². The number of rotatable bonds is 3. The third kappa shape index (κ3) is 2.59. The molecule has 2 amide bonds. The van der Waals surface area contributed by atoms with Crippen molar-refractivity contribution in [3.63, 3.8) is 0 Å². The van der Waals surface area contributed by atoms with Gasteiger partial charge in [0.2, 0.25) is 11.8 Å². The highest BCUT2D eigenvalue weighted by molar-refractivity contribution is 6.05. The predicted octanol–water partition coefficient (Wildman–Crippen LogP) is 1.43. The fraction of sp³-hybridized carbons (Fsp3) is 0.500. The van der Waals surface area contributed by atoms with E-state index in [-0.39, 0.29) is 24.8 Å². The Bertz CT molecular complexity index is 523. The third-order valence-electron chi connectivity index (χ3n) is 3.29. The van der Waals surface area contributed by atoms with Gasteiger partial charge in [-0.1, -0.05) is 19.9 Å². The molecular formula is C14H19N3O2. The van der Waals surface area contributed by atoms with Crippen molar-refractivity contribution in [1.82, 2.24) is 9.88 Å². The lowest BCUT2D eigenvalue weighted by Gasteiger charge is -2.18. The molecule has 2 rings (SSSR count). The highest BCUT2D eigenvalue weighted by Gasteiger charge is 2.44. The van der Waals surface area contributed by atoms with Gasteiger partial charge in [-0.15, -0.1) is 0 Å². The average molecular weight is 261 g/mol. The number of amides is 2. The van der Waals surface area contributed by atoms with Crippen LogP contribution in [-0.2, 0) is 16.1 Å². The van der Waals surface area contributed by atoms with Gasteiger partial charge < -0.3 is 4.90 Å². The molecule has 0 atom stereocenters. The molecule has 1 fully saturated rings. The van der Waals surface area contributed by atoms with Crippen LogP contribution in [0.3, 0.4) is 0 Å². The summed E-state index contributed by atoms with van der Waals surface area (Å²) in [7, 11) is 3.81. The van der Waals surface area contributed by atoms with Gasteiger partial charge in [0.25, 0.3) is 0 Å². The first kappa shape index (κ1) is 13.5. The van der Waals surface area contributed by atoms with E-state index in [2.05, 4.69) is 4.98 Å². The van der Waals surface area contributed by atoms with Crippen LogP contribution < -0.4 is 4.90 Å². The van der Waals surface area contributed by atoms with E-state index in [4.69, 9.17) is 0 Å². The zero-order valence-electron chi connectivity index (χ0n) is 11.8. The lowest BCUT2D eigenvalue weighted by atomic mass is 9.92. The summed E-state index contributed by atoms with van der Waals surface area (Å²) in [5.41, 5.74) is 0.140. The molecule has 1 aliphatic heterocycles. The standard InChI is InChI=1S/C14H19N3O2/c1-14(2)8-12(18)17(13(14)19)9-10-6-5-7-11(15-10)16(3)4/h5-7H,8-9H2,1-4H3. The van der Waals surface area contributed by atoms with Crippen molar-refractivity contribution in [2.45, 2.75) is 26.8 Å². The number of carbonyl (C=O) groups excluding carboxylic acids is 2. The van der Waals surface area contributed by atoms with Crippen LogP contribution in [-0.4, -0.2) is 35.8 Å². The zero-order valence-corrected chi connectivity index (χ0v) is 11.8. The molecule has 1 aliphatic rings. The monoisotopic (exact) mass is 261 g/mol. The van der Waals surface area contributed by atoms with Crippen LogP contribution in [0.4, 0.5) is 5.82 Å². The fourth-order valence-electron chi connectivity index (χ4n) is 2.15. The molecule has 2 heterocycles. The molecule has 0 radical (unpaired) electrons. The van der Waals surface area contributed by atoms with Crippen LogP contribution in [0.2, 0.25) is 0 Å².